The predicted octanol–water partition coefficient (Wildman–Crippen LogP) is 3.38. The predicted molar refractivity (Wildman–Crippen MR) is 81.0 cm³/mol. The molecule has 0 fully saturated rings. The van der Waals surface area contributed by atoms with Crippen LogP contribution in [-0.2, 0) is 0 Å². The molecule has 0 atom stereocenters. The highest BCUT2D eigenvalue weighted by Crippen LogP contribution is 2.21. The Morgan fingerprint density at radius 1 is 1.19 bits per heavy atom. The van der Waals surface area contributed by atoms with Crippen molar-refractivity contribution in [3.63, 3.8) is 0 Å². The molecule has 0 bridgehead atoms. The fraction of sp³-hybridized carbons (Fsp3) is 0.0625. The second-order valence-electron chi connectivity index (χ2n) is 4.75. The van der Waals surface area contributed by atoms with E-state index in [2.05, 4.69) is 15.3 Å². The topological polar surface area (TPSA) is 75.1 Å². The van der Waals surface area contributed by atoms with Crippen LogP contribution >= 0.6 is 0 Å². The Hall–Kier alpha value is -2.95. The SMILES string of the molecule is Cc1cncc(Nc2ccc3c(C(=O)O)cccc3n2)c1. The van der Waals surface area contributed by atoms with Crippen LogP contribution in [0, 0.1) is 6.92 Å². The Bertz CT molecular complexity index is 831. The van der Waals surface area contributed by atoms with E-state index in [1.807, 2.05) is 13.0 Å². The van der Waals surface area contributed by atoms with Gasteiger partial charge in [0, 0.05) is 11.6 Å². The van der Waals surface area contributed by atoms with Crippen LogP contribution in [0.1, 0.15) is 15.9 Å². The van der Waals surface area contributed by atoms with Gasteiger partial charge in [0.15, 0.2) is 0 Å². The Balaban J connectivity index is 2.00. The van der Waals surface area contributed by atoms with Gasteiger partial charge in [-0.2, -0.15) is 0 Å². The van der Waals surface area contributed by atoms with Gasteiger partial charge in [0.05, 0.1) is 23.0 Å². The second kappa shape index (κ2) is 5.20. The summed E-state index contributed by atoms with van der Waals surface area (Å²) >= 11 is 0. The third-order valence-electron chi connectivity index (χ3n) is 3.11. The molecule has 0 spiro atoms. The minimum atomic E-state index is -0.953. The summed E-state index contributed by atoms with van der Waals surface area (Å²) in [7, 11) is 0. The van der Waals surface area contributed by atoms with Gasteiger partial charge < -0.3 is 10.4 Å². The Morgan fingerprint density at radius 2 is 2.05 bits per heavy atom. The van der Waals surface area contributed by atoms with Crippen molar-refractivity contribution in [2.45, 2.75) is 6.92 Å². The molecule has 3 aromatic rings. The molecular formula is C16H13N3O2. The van der Waals surface area contributed by atoms with E-state index in [1.165, 1.54) is 0 Å². The molecule has 3 rings (SSSR count). The monoisotopic (exact) mass is 279 g/mol. The normalized spacial score (nSPS) is 10.5. The van der Waals surface area contributed by atoms with E-state index in [9.17, 15) is 4.79 Å². The van der Waals surface area contributed by atoms with Crippen molar-refractivity contribution >= 4 is 28.4 Å². The quantitative estimate of drug-likeness (QED) is 0.768. The van der Waals surface area contributed by atoms with Crippen LogP contribution in [0.2, 0.25) is 0 Å². The first-order chi connectivity index (χ1) is 10.1. The van der Waals surface area contributed by atoms with E-state index in [-0.39, 0.29) is 5.56 Å². The van der Waals surface area contributed by atoms with Crippen molar-refractivity contribution in [3.8, 4) is 0 Å². The highest BCUT2D eigenvalue weighted by Gasteiger charge is 2.09. The van der Waals surface area contributed by atoms with Crippen LogP contribution in [0.3, 0.4) is 0 Å². The number of hydrogen-bond donors (Lipinski definition) is 2. The van der Waals surface area contributed by atoms with Gasteiger partial charge in [-0.25, -0.2) is 9.78 Å². The number of hydrogen-bond acceptors (Lipinski definition) is 4. The van der Waals surface area contributed by atoms with Crippen molar-refractivity contribution in [1.29, 1.82) is 0 Å². The van der Waals surface area contributed by atoms with Crippen molar-refractivity contribution in [1.82, 2.24) is 9.97 Å². The van der Waals surface area contributed by atoms with Crippen LogP contribution in [0.25, 0.3) is 10.9 Å². The minimum absolute atomic E-state index is 0.253. The van der Waals surface area contributed by atoms with Crippen LogP contribution in [-0.4, -0.2) is 21.0 Å². The molecule has 0 saturated heterocycles. The van der Waals surface area contributed by atoms with Crippen molar-refractivity contribution in [3.05, 3.63) is 59.9 Å². The molecule has 0 aliphatic heterocycles. The Labute approximate surface area is 121 Å². The van der Waals surface area contributed by atoms with Crippen molar-refractivity contribution < 1.29 is 9.90 Å². The van der Waals surface area contributed by atoms with Gasteiger partial charge in [0.1, 0.15) is 5.82 Å². The average Bonchev–Trinajstić information content (AvgIpc) is 2.46. The largest absolute Gasteiger partial charge is 0.478 e. The lowest BCUT2D eigenvalue weighted by Gasteiger charge is -2.08. The summed E-state index contributed by atoms with van der Waals surface area (Å²) in [5.74, 6) is -0.302. The van der Waals surface area contributed by atoms with Crippen LogP contribution in [0.15, 0.2) is 48.8 Å². The summed E-state index contributed by atoms with van der Waals surface area (Å²) in [6, 6.07) is 10.5. The van der Waals surface area contributed by atoms with E-state index in [4.69, 9.17) is 5.11 Å². The molecule has 21 heavy (non-hydrogen) atoms. The number of rotatable bonds is 3. The molecule has 0 aliphatic carbocycles. The van der Waals surface area contributed by atoms with Gasteiger partial charge >= 0.3 is 5.97 Å². The zero-order valence-corrected chi connectivity index (χ0v) is 11.4. The molecule has 0 radical (unpaired) electrons. The number of anilines is 2. The molecular weight excluding hydrogens is 266 g/mol. The maximum atomic E-state index is 11.2. The number of carbonyl (C=O) groups is 1. The Kier molecular flexibility index (Phi) is 3.23. The highest BCUT2D eigenvalue weighted by molar-refractivity contribution is 6.02. The van der Waals surface area contributed by atoms with Crippen LogP contribution < -0.4 is 5.32 Å². The number of aromatic carboxylic acids is 1. The van der Waals surface area contributed by atoms with Crippen LogP contribution in [0.4, 0.5) is 11.5 Å². The van der Waals surface area contributed by atoms with Gasteiger partial charge in [0.25, 0.3) is 0 Å². The van der Waals surface area contributed by atoms with E-state index >= 15 is 0 Å². The summed E-state index contributed by atoms with van der Waals surface area (Å²) in [5, 5.41) is 13.0. The number of benzene rings is 1. The number of pyridine rings is 2. The van der Waals surface area contributed by atoms with Gasteiger partial charge in [-0.05, 0) is 42.8 Å². The smallest absolute Gasteiger partial charge is 0.336 e. The molecule has 2 N–H and O–H groups in total. The number of aryl methyl sites for hydroxylation is 1. The standard InChI is InChI=1S/C16H13N3O2/c1-10-7-11(9-17-8-10)18-15-6-5-12-13(16(20)21)3-2-4-14(12)19-15/h2-9H,1H3,(H,18,19)(H,20,21). The van der Waals surface area contributed by atoms with Gasteiger partial charge in [0.2, 0.25) is 0 Å². The molecule has 5 nitrogen and oxygen atoms in total. The number of nitrogens with one attached hydrogen (secondary N) is 1. The van der Waals surface area contributed by atoms with Gasteiger partial charge in [-0.15, -0.1) is 0 Å². The third kappa shape index (κ3) is 2.67. The number of fused-ring (bicyclic) bond motifs is 1. The van der Waals surface area contributed by atoms with Crippen molar-refractivity contribution in [2.75, 3.05) is 5.32 Å². The maximum Gasteiger partial charge on any atom is 0.336 e. The second-order valence-corrected chi connectivity index (χ2v) is 4.75. The van der Waals surface area contributed by atoms with Gasteiger partial charge in [-0.1, -0.05) is 6.07 Å². The van der Waals surface area contributed by atoms with Gasteiger partial charge in [-0.3, -0.25) is 4.98 Å². The molecule has 1 aromatic carbocycles. The molecule has 5 heteroatoms. The molecule has 0 unspecified atom stereocenters. The lowest BCUT2D eigenvalue weighted by Crippen LogP contribution is -1.99. The molecule has 0 saturated carbocycles. The lowest BCUT2D eigenvalue weighted by molar-refractivity contribution is 0.0699. The summed E-state index contributed by atoms with van der Waals surface area (Å²) < 4.78 is 0. The number of carboxylic acid groups (broad SMARTS) is 1. The fourth-order valence-corrected chi connectivity index (χ4v) is 2.18. The first-order valence-corrected chi connectivity index (χ1v) is 6.45. The zero-order chi connectivity index (χ0) is 14.8. The molecule has 0 aliphatic rings. The Morgan fingerprint density at radius 3 is 2.81 bits per heavy atom. The number of aromatic nitrogens is 2. The maximum absolute atomic E-state index is 11.2. The molecule has 2 heterocycles. The first-order valence-electron chi connectivity index (χ1n) is 6.45. The lowest BCUT2D eigenvalue weighted by atomic mass is 10.1. The average molecular weight is 279 g/mol. The zero-order valence-electron chi connectivity index (χ0n) is 11.4. The summed E-state index contributed by atoms with van der Waals surface area (Å²) in [4.78, 5) is 19.7. The van der Waals surface area contributed by atoms with Crippen LogP contribution in [0.5, 0.6) is 0 Å². The fourth-order valence-electron chi connectivity index (χ4n) is 2.18. The summed E-state index contributed by atoms with van der Waals surface area (Å²) in [5.41, 5.74) is 2.79. The van der Waals surface area contributed by atoms with Crippen molar-refractivity contribution in [2.24, 2.45) is 0 Å². The highest BCUT2D eigenvalue weighted by atomic mass is 16.4. The number of carboxylic acids is 1. The van der Waals surface area contributed by atoms with E-state index < -0.39 is 5.97 Å². The minimum Gasteiger partial charge on any atom is -0.478 e. The first kappa shape index (κ1) is 13.1. The summed E-state index contributed by atoms with van der Waals surface area (Å²) in [6.45, 7) is 1.96. The number of nitrogens with zero attached hydrogens (tertiary/aromatic N) is 2. The molecule has 104 valence electrons. The molecule has 2 aromatic heterocycles. The van der Waals surface area contributed by atoms with E-state index in [0.717, 1.165) is 11.3 Å². The third-order valence-corrected chi connectivity index (χ3v) is 3.11. The summed E-state index contributed by atoms with van der Waals surface area (Å²) in [6.07, 6.45) is 3.49. The van der Waals surface area contributed by atoms with E-state index in [1.54, 1.807) is 42.7 Å². The van der Waals surface area contributed by atoms with E-state index in [0.29, 0.717) is 16.7 Å². The molecule has 0 amide bonds.